The van der Waals surface area contributed by atoms with Gasteiger partial charge < -0.3 is 25.6 Å². The molecule has 3 amide bonds. The first-order chi connectivity index (χ1) is 10.0. The van der Waals surface area contributed by atoms with E-state index in [1.54, 1.807) is 4.90 Å². The SMILES string of the molecule is COCC(=O)N[C@H]1CNC[C@@H]2C[C@H](NC(C)=O)CN2C1=O. The highest BCUT2D eigenvalue weighted by Crippen LogP contribution is 2.20. The standard InChI is InChI=1S/C13H22N4O4/c1-8(18)15-9-3-10-4-14-5-11(13(20)17(10)6-9)16-12(19)7-21-2/h9-11,14H,3-7H2,1-2H3,(H,15,18)(H,16,19)/t9-,10-,11-/m0/s1. The molecule has 3 N–H and O–H groups in total. The highest BCUT2D eigenvalue weighted by Gasteiger charge is 2.40. The van der Waals surface area contributed by atoms with E-state index in [2.05, 4.69) is 16.0 Å². The maximum Gasteiger partial charge on any atom is 0.246 e. The van der Waals surface area contributed by atoms with Crippen LogP contribution in [0.5, 0.6) is 0 Å². The number of carbonyl (C=O) groups excluding carboxylic acids is 3. The van der Waals surface area contributed by atoms with Crippen molar-refractivity contribution in [3.05, 3.63) is 0 Å². The van der Waals surface area contributed by atoms with Crippen molar-refractivity contribution in [1.29, 1.82) is 0 Å². The lowest BCUT2D eigenvalue weighted by Gasteiger charge is -2.24. The summed E-state index contributed by atoms with van der Waals surface area (Å²) in [6, 6.07) is -0.556. The third kappa shape index (κ3) is 3.92. The maximum atomic E-state index is 12.5. The van der Waals surface area contributed by atoms with Crippen LogP contribution in [-0.2, 0) is 19.1 Å². The molecule has 0 bridgehead atoms. The van der Waals surface area contributed by atoms with Crippen LogP contribution in [0, 0.1) is 0 Å². The summed E-state index contributed by atoms with van der Waals surface area (Å²) in [6.45, 7) is 2.96. The molecule has 0 aromatic carbocycles. The Bertz CT molecular complexity index is 428. The minimum Gasteiger partial charge on any atom is -0.375 e. The van der Waals surface area contributed by atoms with Crippen LogP contribution in [0.25, 0.3) is 0 Å². The Labute approximate surface area is 123 Å². The summed E-state index contributed by atoms with van der Waals surface area (Å²) in [5.41, 5.74) is 0. The Morgan fingerprint density at radius 1 is 1.38 bits per heavy atom. The van der Waals surface area contributed by atoms with Crippen LogP contribution in [0.1, 0.15) is 13.3 Å². The van der Waals surface area contributed by atoms with E-state index in [9.17, 15) is 14.4 Å². The highest BCUT2D eigenvalue weighted by molar-refractivity contribution is 5.89. The predicted molar refractivity (Wildman–Crippen MR) is 74.4 cm³/mol. The Morgan fingerprint density at radius 3 is 2.81 bits per heavy atom. The van der Waals surface area contributed by atoms with Crippen molar-refractivity contribution in [3.63, 3.8) is 0 Å². The molecule has 8 nitrogen and oxygen atoms in total. The number of rotatable bonds is 4. The fraction of sp³-hybridized carbons (Fsp3) is 0.769. The van der Waals surface area contributed by atoms with Gasteiger partial charge in [0.15, 0.2) is 0 Å². The first-order valence-corrected chi connectivity index (χ1v) is 7.08. The summed E-state index contributed by atoms with van der Waals surface area (Å²) < 4.78 is 4.75. The summed E-state index contributed by atoms with van der Waals surface area (Å²) in [5, 5.41) is 8.71. The molecule has 118 valence electrons. The minimum absolute atomic E-state index is 0.0216. The lowest BCUT2D eigenvalue weighted by molar-refractivity contribution is -0.137. The van der Waals surface area contributed by atoms with E-state index in [0.717, 1.165) is 6.42 Å². The second-order valence-corrected chi connectivity index (χ2v) is 5.49. The topological polar surface area (TPSA) is 99.8 Å². The third-order valence-electron chi connectivity index (χ3n) is 3.74. The number of carbonyl (C=O) groups is 3. The van der Waals surface area contributed by atoms with E-state index in [1.807, 2.05) is 0 Å². The molecule has 2 fully saturated rings. The van der Waals surface area contributed by atoms with Gasteiger partial charge in [-0.3, -0.25) is 14.4 Å². The number of hydrogen-bond donors (Lipinski definition) is 3. The summed E-state index contributed by atoms with van der Waals surface area (Å²) in [6.07, 6.45) is 0.733. The van der Waals surface area contributed by atoms with Crippen LogP contribution in [0.4, 0.5) is 0 Å². The molecule has 2 rings (SSSR count). The van der Waals surface area contributed by atoms with Crippen LogP contribution in [-0.4, -0.2) is 74.1 Å². The lowest BCUT2D eigenvalue weighted by Crippen LogP contribution is -2.52. The van der Waals surface area contributed by atoms with Crippen LogP contribution in [0.15, 0.2) is 0 Å². The normalized spacial score (nSPS) is 28.8. The molecule has 2 aliphatic rings. The smallest absolute Gasteiger partial charge is 0.246 e. The molecule has 0 unspecified atom stereocenters. The fourth-order valence-electron chi connectivity index (χ4n) is 2.93. The first kappa shape index (κ1) is 15.7. The molecule has 2 aliphatic heterocycles. The van der Waals surface area contributed by atoms with Crippen molar-refractivity contribution in [1.82, 2.24) is 20.9 Å². The average Bonchev–Trinajstić information content (AvgIpc) is 2.73. The molecule has 3 atom stereocenters. The van der Waals surface area contributed by atoms with Gasteiger partial charge in [-0.2, -0.15) is 0 Å². The molecule has 0 aromatic heterocycles. The summed E-state index contributed by atoms with van der Waals surface area (Å²) >= 11 is 0. The summed E-state index contributed by atoms with van der Waals surface area (Å²) in [5.74, 6) is -0.515. The molecule has 2 saturated heterocycles. The van der Waals surface area contributed by atoms with Crippen LogP contribution >= 0.6 is 0 Å². The molecular weight excluding hydrogens is 276 g/mol. The fourth-order valence-corrected chi connectivity index (χ4v) is 2.93. The monoisotopic (exact) mass is 298 g/mol. The van der Waals surface area contributed by atoms with Crippen LogP contribution < -0.4 is 16.0 Å². The largest absolute Gasteiger partial charge is 0.375 e. The molecule has 0 aliphatic carbocycles. The van der Waals surface area contributed by atoms with Gasteiger partial charge in [0.25, 0.3) is 0 Å². The van der Waals surface area contributed by atoms with Crippen LogP contribution in [0.3, 0.4) is 0 Å². The zero-order chi connectivity index (χ0) is 15.4. The van der Waals surface area contributed by atoms with Gasteiger partial charge in [-0.05, 0) is 6.42 Å². The lowest BCUT2D eigenvalue weighted by atomic mass is 10.1. The quantitative estimate of drug-likeness (QED) is 0.548. The van der Waals surface area contributed by atoms with Crippen LogP contribution in [0.2, 0.25) is 0 Å². The summed E-state index contributed by atoms with van der Waals surface area (Å²) in [7, 11) is 1.43. The Hall–Kier alpha value is -1.67. The number of hydrogen-bond acceptors (Lipinski definition) is 5. The van der Waals surface area contributed by atoms with Gasteiger partial charge in [-0.25, -0.2) is 0 Å². The number of ether oxygens (including phenoxy) is 1. The van der Waals surface area contributed by atoms with Crippen molar-refractivity contribution >= 4 is 17.7 Å². The van der Waals surface area contributed by atoms with Crippen molar-refractivity contribution < 1.29 is 19.1 Å². The van der Waals surface area contributed by atoms with Gasteiger partial charge in [-0.15, -0.1) is 0 Å². The predicted octanol–water partition coefficient (Wildman–Crippen LogP) is -2.17. The van der Waals surface area contributed by atoms with E-state index in [1.165, 1.54) is 14.0 Å². The molecular formula is C13H22N4O4. The highest BCUT2D eigenvalue weighted by atomic mass is 16.5. The number of amides is 3. The van der Waals surface area contributed by atoms with Crippen molar-refractivity contribution in [2.45, 2.75) is 31.5 Å². The van der Waals surface area contributed by atoms with E-state index in [0.29, 0.717) is 19.6 Å². The van der Waals surface area contributed by atoms with E-state index >= 15 is 0 Å². The van der Waals surface area contributed by atoms with Gasteiger partial charge in [-0.1, -0.05) is 0 Å². The minimum atomic E-state index is -0.589. The molecule has 0 aromatic rings. The number of nitrogens with zero attached hydrogens (tertiary/aromatic N) is 1. The Balaban J connectivity index is 1.98. The van der Waals surface area contributed by atoms with E-state index in [-0.39, 0.29) is 36.4 Å². The zero-order valence-electron chi connectivity index (χ0n) is 12.3. The first-order valence-electron chi connectivity index (χ1n) is 7.08. The second kappa shape index (κ2) is 6.86. The molecule has 0 saturated carbocycles. The van der Waals surface area contributed by atoms with Gasteiger partial charge in [0.2, 0.25) is 17.7 Å². The van der Waals surface area contributed by atoms with Crippen molar-refractivity contribution in [3.8, 4) is 0 Å². The Morgan fingerprint density at radius 2 is 2.14 bits per heavy atom. The van der Waals surface area contributed by atoms with Gasteiger partial charge in [0.1, 0.15) is 12.6 Å². The third-order valence-corrected chi connectivity index (χ3v) is 3.74. The maximum absolute atomic E-state index is 12.5. The molecule has 8 heteroatoms. The number of fused-ring (bicyclic) bond motifs is 1. The van der Waals surface area contributed by atoms with E-state index in [4.69, 9.17) is 4.74 Å². The van der Waals surface area contributed by atoms with Gasteiger partial charge in [0.05, 0.1) is 0 Å². The van der Waals surface area contributed by atoms with Gasteiger partial charge in [0, 0.05) is 45.8 Å². The van der Waals surface area contributed by atoms with Crippen molar-refractivity contribution in [2.24, 2.45) is 0 Å². The molecule has 2 heterocycles. The number of nitrogens with one attached hydrogen (secondary N) is 3. The second-order valence-electron chi connectivity index (χ2n) is 5.49. The van der Waals surface area contributed by atoms with E-state index < -0.39 is 6.04 Å². The average molecular weight is 298 g/mol. The molecule has 0 spiro atoms. The number of methoxy groups -OCH3 is 1. The van der Waals surface area contributed by atoms with Gasteiger partial charge >= 0.3 is 0 Å². The Kier molecular flexibility index (Phi) is 5.13. The summed E-state index contributed by atoms with van der Waals surface area (Å²) in [4.78, 5) is 37.0. The molecule has 0 radical (unpaired) electrons. The molecule has 21 heavy (non-hydrogen) atoms. The van der Waals surface area contributed by atoms with Crippen molar-refractivity contribution in [2.75, 3.05) is 33.4 Å². The zero-order valence-corrected chi connectivity index (χ0v) is 12.3.